The number of aromatic amines is 1. The molecule has 1 saturated heterocycles. The van der Waals surface area contributed by atoms with Crippen LogP contribution in [-0.2, 0) is 0 Å². The zero-order chi connectivity index (χ0) is 18.3. The number of nitrogens with one attached hydrogen (secondary N) is 3. The average Bonchev–Trinajstić information content (AvgIpc) is 3.01. The summed E-state index contributed by atoms with van der Waals surface area (Å²) in [7, 11) is 0. The summed E-state index contributed by atoms with van der Waals surface area (Å²) in [6.45, 7) is 3.10. The number of hydrogen-bond donors (Lipinski definition) is 4. The van der Waals surface area contributed by atoms with Gasteiger partial charge in [-0.3, -0.25) is 0 Å². The fourth-order valence-electron chi connectivity index (χ4n) is 3.08. The lowest BCUT2D eigenvalue weighted by Crippen LogP contribution is -2.51. The number of halogens is 1. The van der Waals surface area contributed by atoms with Crippen LogP contribution < -0.4 is 15.5 Å². The minimum Gasteiger partial charge on any atom is -0.389 e. The lowest BCUT2D eigenvalue weighted by molar-refractivity contribution is 0.141. The number of aromatic nitrogens is 2. The van der Waals surface area contributed by atoms with E-state index in [1.807, 2.05) is 30.0 Å². The number of nitrogens with zero attached hydrogens (tertiary/aromatic N) is 2. The molecule has 1 aliphatic rings. The minimum absolute atomic E-state index is 0.288. The highest BCUT2D eigenvalue weighted by molar-refractivity contribution is 6.35. The number of aryl methyl sites for hydroxylation is 1. The summed E-state index contributed by atoms with van der Waals surface area (Å²) in [5.41, 5.74) is 2.98. The third-order valence-electron chi connectivity index (χ3n) is 4.35. The Morgan fingerprint density at radius 1 is 1.31 bits per heavy atom. The molecule has 0 unspecified atom stereocenters. The number of aliphatic hydroxyl groups excluding tert-OH is 1. The summed E-state index contributed by atoms with van der Waals surface area (Å²) >= 11 is 6.22. The quantitative estimate of drug-likeness (QED) is 0.568. The summed E-state index contributed by atoms with van der Waals surface area (Å²) in [6, 6.07) is 6.89. The number of fused-ring (bicyclic) bond motifs is 1. The van der Waals surface area contributed by atoms with Crippen LogP contribution >= 0.6 is 11.6 Å². The van der Waals surface area contributed by atoms with Crippen LogP contribution in [-0.4, -0.2) is 40.3 Å². The van der Waals surface area contributed by atoms with Crippen molar-refractivity contribution in [1.82, 2.24) is 9.97 Å². The van der Waals surface area contributed by atoms with Gasteiger partial charge in [-0.25, -0.2) is 9.78 Å². The maximum atomic E-state index is 12.3. The van der Waals surface area contributed by atoms with Crippen LogP contribution in [0, 0.1) is 6.92 Å². The topological polar surface area (TPSA) is 93.3 Å². The summed E-state index contributed by atoms with van der Waals surface area (Å²) < 4.78 is 0. The molecular weight excluding hydrogens is 354 g/mol. The molecule has 1 fully saturated rings. The van der Waals surface area contributed by atoms with Crippen molar-refractivity contribution in [1.29, 1.82) is 0 Å². The highest BCUT2D eigenvalue weighted by Gasteiger charge is 2.26. The number of H-pyrrole nitrogens is 1. The fraction of sp³-hybridized carbons (Fsp3) is 0.222. The van der Waals surface area contributed by atoms with Crippen molar-refractivity contribution in [3.8, 4) is 0 Å². The van der Waals surface area contributed by atoms with Crippen molar-refractivity contribution >= 4 is 45.7 Å². The summed E-state index contributed by atoms with van der Waals surface area (Å²) in [5.74, 6) is 0.824. The number of aliphatic hydroxyl groups is 1. The number of anilines is 3. The lowest BCUT2D eigenvalue weighted by Gasteiger charge is -2.37. The molecule has 3 heterocycles. The first kappa shape index (κ1) is 16.7. The fourth-order valence-corrected chi connectivity index (χ4v) is 3.36. The van der Waals surface area contributed by atoms with Crippen molar-refractivity contribution in [2.24, 2.45) is 0 Å². The molecule has 26 heavy (non-hydrogen) atoms. The van der Waals surface area contributed by atoms with Crippen LogP contribution in [0.1, 0.15) is 5.56 Å². The molecule has 2 aromatic heterocycles. The molecule has 4 rings (SSSR count). The number of pyridine rings is 1. The Balaban J connectivity index is 1.44. The van der Waals surface area contributed by atoms with E-state index in [4.69, 9.17) is 11.6 Å². The molecule has 0 bridgehead atoms. The monoisotopic (exact) mass is 371 g/mol. The van der Waals surface area contributed by atoms with E-state index in [0.717, 1.165) is 22.3 Å². The van der Waals surface area contributed by atoms with Crippen LogP contribution in [0.2, 0.25) is 5.02 Å². The van der Waals surface area contributed by atoms with E-state index < -0.39 is 0 Å². The molecular formula is C18H18ClN5O2. The maximum absolute atomic E-state index is 12.3. The molecule has 1 aliphatic heterocycles. The molecule has 0 atom stereocenters. The molecule has 3 aromatic rings. The Kier molecular flexibility index (Phi) is 4.18. The summed E-state index contributed by atoms with van der Waals surface area (Å²) in [4.78, 5) is 21.7. The number of benzene rings is 1. The highest BCUT2D eigenvalue weighted by atomic mass is 35.5. The van der Waals surface area contributed by atoms with Crippen LogP contribution in [0.3, 0.4) is 0 Å². The normalized spacial score (nSPS) is 14.3. The first-order valence-electron chi connectivity index (χ1n) is 8.24. The van der Waals surface area contributed by atoms with E-state index >= 15 is 0 Å². The Morgan fingerprint density at radius 3 is 2.81 bits per heavy atom. The Labute approximate surface area is 155 Å². The highest BCUT2D eigenvalue weighted by Crippen LogP contribution is 2.27. The molecule has 7 nitrogen and oxygen atoms in total. The van der Waals surface area contributed by atoms with Crippen molar-refractivity contribution in [2.75, 3.05) is 28.6 Å². The van der Waals surface area contributed by atoms with Gasteiger partial charge in [-0.1, -0.05) is 11.6 Å². The number of rotatable bonds is 3. The van der Waals surface area contributed by atoms with Crippen LogP contribution in [0.15, 0.2) is 36.7 Å². The van der Waals surface area contributed by atoms with Gasteiger partial charge in [0.15, 0.2) is 0 Å². The maximum Gasteiger partial charge on any atom is 0.323 e. The Hall–Kier alpha value is -2.77. The number of urea groups is 1. The van der Waals surface area contributed by atoms with Gasteiger partial charge in [0.1, 0.15) is 5.82 Å². The second-order valence-corrected chi connectivity index (χ2v) is 6.81. The van der Waals surface area contributed by atoms with Crippen molar-refractivity contribution < 1.29 is 9.90 Å². The number of carbonyl (C=O) groups is 1. The molecule has 0 spiro atoms. The molecule has 2 amide bonds. The second kappa shape index (κ2) is 6.51. The lowest BCUT2D eigenvalue weighted by atomic mass is 10.1. The average molecular weight is 372 g/mol. The van der Waals surface area contributed by atoms with Gasteiger partial charge in [0.25, 0.3) is 0 Å². The van der Waals surface area contributed by atoms with E-state index in [0.29, 0.717) is 29.5 Å². The van der Waals surface area contributed by atoms with Gasteiger partial charge in [-0.15, -0.1) is 0 Å². The van der Waals surface area contributed by atoms with E-state index in [-0.39, 0.29) is 12.1 Å². The largest absolute Gasteiger partial charge is 0.389 e. The Bertz CT molecular complexity index is 981. The number of carbonyl (C=O) groups excluding carboxylic acids is 1. The van der Waals surface area contributed by atoms with Gasteiger partial charge in [0, 0.05) is 35.9 Å². The van der Waals surface area contributed by atoms with Crippen molar-refractivity contribution in [2.45, 2.75) is 13.0 Å². The van der Waals surface area contributed by atoms with Gasteiger partial charge in [-0.2, -0.15) is 0 Å². The molecule has 1 aromatic carbocycles. The van der Waals surface area contributed by atoms with E-state index in [1.165, 1.54) is 0 Å². The van der Waals surface area contributed by atoms with Crippen LogP contribution in [0.25, 0.3) is 10.9 Å². The molecule has 8 heteroatoms. The predicted octanol–water partition coefficient (Wildman–Crippen LogP) is 3.35. The van der Waals surface area contributed by atoms with Gasteiger partial charge in [-0.05, 0) is 36.8 Å². The van der Waals surface area contributed by atoms with Crippen LogP contribution in [0.4, 0.5) is 22.0 Å². The third-order valence-corrected chi connectivity index (χ3v) is 4.66. The number of β-amino-alcohol motifs (C(OH)–C–C–N with tert-alkyl or cyclic N) is 1. The van der Waals surface area contributed by atoms with E-state index in [1.54, 1.807) is 18.5 Å². The number of hydrogen-bond acceptors (Lipinski definition) is 4. The van der Waals surface area contributed by atoms with E-state index in [9.17, 15) is 9.90 Å². The molecule has 0 saturated carbocycles. The van der Waals surface area contributed by atoms with Crippen LogP contribution in [0.5, 0.6) is 0 Å². The van der Waals surface area contributed by atoms with Gasteiger partial charge >= 0.3 is 6.03 Å². The number of amides is 2. The summed E-state index contributed by atoms with van der Waals surface area (Å²) in [5, 5.41) is 16.4. The molecule has 0 radical (unpaired) electrons. The SMILES string of the molecule is Cc1cc(NC(=O)Nc2cc(Cl)c3cc[nH]c3c2)cnc1N1CC(O)C1. The van der Waals surface area contributed by atoms with Gasteiger partial charge in [0.05, 0.1) is 23.0 Å². The zero-order valence-corrected chi connectivity index (χ0v) is 14.8. The standard InChI is InChI=1S/C18H18ClN5O2/c1-10-4-12(7-21-17(10)24-8-13(25)9-24)23-18(26)22-11-5-15(19)14-2-3-20-16(14)6-11/h2-7,13,20,25H,8-9H2,1H3,(H2,22,23,26). The predicted molar refractivity (Wildman–Crippen MR) is 103 cm³/mol. The van der Waals surface area contributed by atoms with Crippen molar-refractivity contribution in [3.05, 3.63) is 47.2 Å². The smallest absolute Gasteiger partial charge is 0.323 e. The third kappa shape index (κ3) is 3.18. The minimum atomic E-state index is -0.375. The first-order valence-corrected chi connectivity index (χ1v) is 8.62. The molecule has 134 valence electrons. The molecule has 0 aliphatic carbocycles. The van der Waals surface area contributed by atoms with Crippen molar-refractivity contribution in [3.63, 3.8) is 0 Å². The first-order chi connectivity index (χ1) is 12.5. The zero-order valence-electron chi connectivity index (χ0n) is 14.1. The molecule has 4 N–H and O–H groups in total. The van der Waals surface area contributed by atoms with Gasteiger partial charge in [0.2, 0.25) is 0 Å². The summed E-state index contributed by atoms with van der Waals surface area (Å²) in [6.07, 6.45) is 3.12. The van der Waals surface area contributed by atoms with Gasteiger partial charge < -0.3 is 25.6 Å². The van der Waals surface area contributed by atoms with E-state index in [2.05, 4.69) is 20.6 Å². The second-order valence-electron chi connectivity index (χ2n) is 6.40. The Morgan fingerprint density at radius 2 is 2.08 bits per heavy atom.